The Balaban J connectivity index is 1.68. The number of allylic oxidation sites excluding steroid dienone is 1. The molecule has 32 heavy (non-hydrogen) atoms. The topological polar surface area (TPSA) is 139 Å². The van der Waals surface area contributed by atoms with Crippen LogP contribution in [0.3, 0.4) is 0 Å². The van der Waals surface area contributed by atoms with E-state index in [4.69, 9.17) is 31.3 Å². The molecule has 0 spiro atoms. The van der Waals surface area contributed by atoms with Crippen LogP contribution in [0.5, 0.6) is 11.5 Å². The van der Waals surface area contributed by atoms with Crippen LogP contribution in [0, 0.1) is 5.82 Å². The maximum absolute atomic E-state index is 14.0. The molecule has 0 aliphatic carbocycles. The minimum atomic E-state index is -1.61. The molecule has 11 heteroatoms. The van der Waals surface area contributed by atoms with Gasteiger partial charge in [-0.2, -0.15) is 0 Å². The molecule has 1 aliphatic heterocycles. The van der Waals surface area contributed by atoms with E-state index >= 15 is 0 Å². The molecule has 3 N–H and O–H groups in total. The highest BCUT2D eigenvalue weighted by Crippen LogP contribution is 2.35. The molecule has 1 unspecified atom stereocenters. The Morgan fingerprint density at radius 3 is 2.62 bits per heavy atom. The van der Waals surface area contributed by atoms with Crippen molar-refractivity contribution in [1.82, 2.24) is 5.32 Å². The summed E-state index contributed by atoms with van der Waals surface area (Å²) in [6.07, 6.45) is 0.388. The van der Waals surface area contributed by atoms with E-state index in [0.717, 1.165) is 0 Å². The molecule has 2 aromatic carbocycles. The predicted molar refractivity (Wildman–Crippen MR) is 108 cm³/mol. The van der Waals surface area contributed by atoms with Gasteiger partial charge in [-0.05, 0) is 30.3 Å². The zero-order chi connectivity index (χ0) is 23.4. The smallest absolute Gasteiger partial charge is 0.326 e. The zero-order valence-corrected chi connectivity index (χ0v) is 16.9. The molecule has 3 rings (SSSR count). The number of carboxylic acids is 2. The van der Waals surface area contributed by atoms with Crippen molar-refractivity contribution in [3.8, 4) is 11.5 Å². The van der Waals surface area contributed by atoms with Gasteiger partial charge in [0.2, 0.25) is 5.78 Å². The van der Waals surface area contributed by atoms with Crippen molar-refractivity contribution in [3.05, 3.63) is 64.1 Å². The second-order valence-corrected chi connectivity index (χ2v) is 6.99. The van der Waals surface area contributed by atoms with Crippen molar-refractivity contribution >= 4 is 41.3 Å². The largest absolute Gasteiger partial charge is 0.484 e. The van der Waals surface area contributed by atoms with Crippen LogP contribution in [0.25, 0.3) is 6.08 Å². The number of hydrogen-bond donors (Lipinski definition) is 3. The number of ketones is 1. The van der Waals surface area contributed by atoms with Gasteiger partial charge < -0.3 is 25.0 Å². The Morgan fingerprint density at radius 1 is 1.22 bits per heavy atom. The first-order valence-electron chi connectivity index (χ1n) is 9.04. The molecule has 166 valence electrons. The van der Waals surface area contributed by atoms with Gasteiger partial charge in [0.25, 0.3) is 5.91 Å². The van der Waals surface area contributed by atoms with Crippen LogP contribution in [0.4, 0.5) is 4.39 Å². The number of nitrogens with one attached hydrogen (secondary N) is 1. The number of amides is 1. The van der Waals surface area contributed by atoms with Crippen LogP contribution >= 0.6 is 11.6 Å². The Hall–Kier alpha value is -3.92. The predicted octanol–water partition coefficient (Wildman–Crippen LogP) is 2.52. The van der Waals surface area contributed by atoms with Crippen molar-refractivity contribution in [2.75, 3.05) is 6.61 Å². The minimum Gasteiger partial charge on any atom is -0.484 e. The average Bonchev–Trinajstić information content (AvgIpc) is 3.03. The van der Waals surface area contributed by atoms with Crippen LogP contribution in [0.1, 0.15) is 22.3 Å². The molecule has 0 bridgehead atoms. The molecular weight excluding hydrogens is 449 g/mol. The fourth-order valence-electron chi connectivity index (χ4n) is 2.80. The van der Waals surface area contributed by atoms with E-state index < -0.39 is 48.5 Å². The lowest BCUT2D eigenvalue weighted by Gasteiger charge is -2.13. The van der Waals surface area contributed by atoms with E-state index in [2.05, 4.69) is 0 Å². The third-order valence-electron chi connectivity index (χ3n) is 4.30. The Bertz CT molecular complexity index is 1130. The van der Waals surface area contributed by atoms with Crippen molar-refractivity contribution in [3.63, 3.8) is 0 Å². The molecule has 0 saturated heterocycles. The van der Waals surface area contributed by atoms with E-state index in [-0.39, 0.29) is 33.4 Å². The van der Waals surface area contributed by atoms with Gasteiger partial charge in [0.15, 0.2) is 12.4 Å². The van der Waals surface area contributed by atoms with Gasteiger partial charge in [-0.15, -0.1) is 0 Å². The highest BCUT2D eigenvalue weighted by molar-refractivity contribution is 6.32. The molecule has 1 amide bonds. The molecule has 1 aliphatic rings. The number of hydrogen-bond acceptors (Lipinski definition) is 6. The molecule has 2 aromatic rings. The van der Waals surface area contributed by atoms with Gasteiger partial charge in [0.1, 0.15) is 23.4 Å². The summed E-state index contributed by atoms with van der Waals surface area (Å²) in [5.41, 5.74) is 0.181. The van der Waals surface area contributed by atoms with Crippen LogP contribution in [0.15, 0.2) is 42.2 Å². The lowest BCUT2D eigenvalue weighted by atomic mass is 10.1. The average molecular weight is 464 g/mol. The second-order valence-electron chi connectivity index (χ2n) is 6.58. The standard InChI is InChI=1S/C21H15ClFNO8/c22-13-2-1-3-14(23)12(13)7-17-20(28)11-5-4-10(6-16(11)32-17)31-9-18(25)24-15(21(29)30)8-19(26)27/h1-7,15H,8-9H2,(H,24,25)(H,26,27)(H,29,30). The number of carboxylic acid groups (broad SMARTS) is 2. The number of carbonyl (C=O) groups excluding carboxylic acids is 2. The summed E-state index contributed by atoms with van der Waals surface area (Å²) in [7, 11) is 0. The lowest BCUT2D eigenvalue weighted by Crippen LogP contribution is -2.44. The van der Waals surface area contributed by atoms with Crippen molar-refractivity contribution in [2.24, 2.45) is 0 Å². The summed E-state index contributed by atoms with van der Waals surface area (Å²) < 4.78 is 24.7. The Kier molecular flexibility index (Phi) is 6.74. The van der Waals surface area contributed by atoms with Crippen molar-refractivity contribution < 1.29 is 43.3 Å². The summed E-state index contributed by atoms with van der Waals surface area (Å²) in [5.74, 6) is -4.79. The quantitative estimate of drug-likeness (QED) is 0.507. The summed E-state index contributed by atoms with van der Waals surface area (Å²) in [6.45, 7) is -0.607. The van der Waals surface area contributed by atoms with Gasteiger partial charge in [-0.3, -0.25) is 14.4 Å². The number of halogens is 2. The molecule has 0 radical (unpaired) electrons. The monoisotopic (exact) mass is 463 g/mol. The lowest BCUT2D eigenvalue weighted by molar-refractivity contribution is -0.147. The number of ether oxygens (including phenoxy) is 2. The SMILES string of the molecule is O=C(O)CC(NC(=O)COc1ccc2c(c1)OC(=Cc1c(F)cccc1Cl)C2=O)C(=O)O. The molecule has 9 nitrogen and oxygen atoms in total. The fraction of sp³-hybridized carbons (Fsp3) is 0.143. The Morgan fingerprint density at radius 2 is 1.97 bits per heavy atom. The second kappa shape index (κ2) is 9.48. The third kappa shape index (κ3) is 5.22. The third-order valence-corrected chi connectivity index (χ3v) is 4.63. The highest BCUT2D eigenvalue weighted by atomic mass is 35.5. The van der Waals surface area contributed by atoms with Crippen molar-refractivity contribution in [1.29, 1.82) is 0 Å². The minimum absolute atomic E-state index is 0.00665. The maximum atomic E-state index is 14.0. The highest BCUT2D eigenvalue weighted by Gasteiger charge is 2.29. The first kappa shape index (κ1) is 22.8. The van der Waals surface area contributed by atoms with E-state index in [1.807, 2.05) is 5.32 Å². The molecule has 1 heterocycles. The van der Waals surface area contributed by atoms with Gasteiger partial charge in [-0.25, -0.2) is 9.18 Å². The van der Waals surface area contributed by atoms with Crippen LogP contribution < -0.4 is 14.8 Å². The first-order valence-corrected chi connectivity index (χ1v) is 9.42. The maximum Gasteiger partial charge on any atom is 0.326 e. The number of fused-ring (bicyclic) bond motifs is 1. The molecule has 0 fully saturated rings. The zero-order valence-electron chi connectivity index (χ0n) is 16.1. The fourth-order valence-corrected chi connectivity index (χ4v) is 3.01. The molecule has 0 saturated carbocycles. The normalized spacial score (nSPS) is 14.4. The van der Waals surface area contributed by atoms with Gasteiger partial charge in [0.05, 0.1) is 17.0 Å². The van der Waals surface area contributed by atoms with E-state index in [1.54, 1.807) is 0 Å². The van der Waals surface area contributed by atoms with Crippen LogP contribution in [0.2, 0.25) is 5.02 Å². The Labute approximate surface area is 185 Å². The van der Waals surface area contributed by atoms with Gasteiger partial charge in [-0.1, -0.05) is 17.7 Å². The summed E-state index contributed by atoms with van der Waals surface area (Å²) in [6, 6.07) is 6.57. The summed E-state index contributed by atoms with van der Waals surface area (Å²) >= 11 is 5.97. The van der Waals surface area contributed by atoms with Crippen LogP contribution in [-0.4, -0.2) is 46.5 Å². The molecule has 0 aromatic heterocycles. The molecular formula is C21H15ClFNO8. The summed E-state index contributed by atoms with van der Waals surface area (Å²) in [5, 5.41) is 19.8. The van der Waals surface area contributed by atoms with E-state index in [0.29, 0.717) is 0 Å². The van der Waals surface area contributed by atoms with Crippen LogP contribution in [-0.2, 0) is 14.4 Å². The number of rotatable bonds is 8. The number of benzene rings is 2. The van der Waals surface area contributed by atoms with Gasteiger partial charge in [0, 0.05) is 11.6 Å². The molecule has 1 atom stereocenters. The van der Waals surface area contributed by atoms with E-state index in [9.17, 15) is 23.6 Å². The number of aliphatic carboxylic acids is 2. The first-order chi connectivity index (χ1) is 15.2. The van der Waals surface area contributed by atoms with Gasteiger partial charge >= 0.3 is 11.9 Å². The summed E-state index contributed by atoms with van der Waals surface area (Å²) in [4.78, 5) is 46.1. The number of Topliss-reactive ketones (excluding diaryl/α,β-unsaturated/α-hetero) is 1. The van der Waals surface area contributed by atoms with E-state index in [1.165, 1.54) is 42.5 Å². The van der Waals surface area contributed by atoms with Crippen molar-refractivity contribution in [2.45, 2.75) is 12.5 Å². The number of carbonyl (C=O) groups is 4.